The maximum absolute atomic E-state index is 12.4. The van der Waals surface area contributed by atoms with Crippen LogP contribution in [-0.2, 0) is 13.2 Å². The number of rotatable bonds is 7. The van der Waals surface area contributed by atoms with Crippen molar-refractivity contribution in [3.05, 3.63) is 88.5 Å². The van der Waals surface area contributed by atoms with Crippen LogP contribution in [0.25, 0.3) is 9.88 Å². The van der Waals surface area contributed by atoms with Crippen LogP contribution in [0.15, 0.2) is 72.4 Å². The Balaban J connectivity index is 1.34. The summed E-state index contributed by atoms with van der Waals surface area (Å²) in [6, 6.07) is 17.4. The highest BCUT2D eigenvalue weighted by atomic mass is 32.1. The number of pyridine rings is 1. The summed E-state index contributed by atoms with van der Waals surface area (Å²) < 4.78 is 5.79. The lowest BCUT2D eigenvalue weighted by atomic mass is 10.2. The number of hydrogen-bond donors (Lipinski definition) is 1. The van der Waals surface area contributed by atoms with Crippen LogP contribution in [0.2, 0.25) is 0 Å². The number of carbonyl (C=O) groups is 1. The smallest absolute Gasteiger partial charge is 0.263 e. The predicted molar refractivity (Wildman–Crippen MR) is 112 cm³/mol. The number of benzene rings is 1. The molecule has 140 valence electrons. The van der Waals surface area contributed by atoms with E-state index in [0.717, 1.165) is 26.9 Å². The van der Waals surface area contributed by atoms with Crippen molar-refractivity contribution in [2.45, 2.75) is 13.2 Å². The molecule has 1 N–H and O–H groups in total. The van der Waals surface area contributed by atoms with Gasteiger partial charge in [0.15, 0.2) is 0 Å². The van der Waals surface area contributed by atoms with E-state index in [1.54, 1.807) is 23.7 Å². The molecule has 0 bridgehead atoms. The van der Waals surface area contributed by atoms with Crippen LogP contribution in [-0.4, -0.2) is 15.9 Å². The summed E-state index contributed by atoms with van der Waals surface area (Å²) in [5.41, 5.74) is 1.84. The minimum Gasteiger partial charge on any atom is -0.487 e. The van der Waals surface area contributed by atoms with Gasteiger partial charge in [-0.1, -0.05) is 24.3 Å². The molecule has 1 aromatic carbocycles. The zero-order valence-corrected chi connectivity index (χ0v) is 16.5. The summed E-state index contributed by atoms with van der Waals surface area (Å²) in [6.45, 7) is 0.828. The highest BCUT2D eigenvalue weighted by Gasteiger charge is 2.12. The van der Waals surface area contributed by atoms with Gasteiger partial charge in [0.1, 0.15) is 22.2 Å². The molecule has 0 saturated carbocycles. The highest BCUT2D eigenvalue weighted by molar-refractivity contribution is 7.21. The third kappa shape index (κ3) is 4.62. The molecule has 3 heterocycles. The number of carbonyl (C=O) groups excluding carboxylic acids is 1. The van der Waals surface area contributed by atoms with Crippen LogP contribution in [0.5, 0.6) is 5.75 Å². The Bertz CT molecular complexity index is 1050. The molecule has 0 fully saturated rings. The maximum Gasteiger partial charge on any atom is 0.263 e. The van der Waals surface area contributed by atoms with Crippen LogP contribution in [0.1, 0.15) is 20.9 Å². The first kappa shape index (κ1) is 18.3. The van der Waals surface area contributed by atoms with Gasteiger partial charge < -0.3 is 10.1 Å². The van der Waals surface area contributed by atoms with E-state index in [1.165, 1.54) is 11.3 Å². The van der Waals surface area contributed by atoms with Gasteiger partial charge in [0.05, 0.1) is 16.8 Å². The van der Waals surface area contributed by atoms with Crippen molar-refractivity contribution < 1.29 is 9.53 Å². The molecule has 0 aliphatic carbocycles. The van der Waals surface area contributed by atoms with Gasteiger partial charge in [-0.25, -0.2) is 4.98 Å². The maximum atomic E-state index is 12.4. The monoisotopic (exact) mass is 407 g/mol. The van der Waals surface area contributed by atoms with Gasteiger partial charge in [-0.2, -0.15) is 0 Å². The van der Waals surface area contributed by atoms with Crippen LogP contribution >= 0.6 is 22.7 Å². The summed E-state index contributed by atoms with van der Waals surface area (Å²) in [4.78, 5) is 22.7. The van der Waals surface area contributed by atoms with E-state index < -0.39 is 0 Å². The van der Waals surface area contributed by atoms with Crippen molar-refractivity contribution in [3.63, 3.8) is 0 Å². The van der Waals surface area contributed by atoms with Crippen LogP contribution in [0.4, 0.5) is 0 Å². The molecular weight excluding hydrogens is 390 g/mol. The third-order valence-corrected chi connectivity index (χ3v) is 5.96. The normalized spacial score (nSPS) is 10.6. The molecule has 7 heteroatoms. The van der Waals surface area contributed by atoms with Crippen LogP contribution < -0.4 is 10.1 Å². The molecule has 0 aliphatic rings. The molecule has 28 heavy (non-hydrogen) atoms. The van der Waals surface area contributed by atoms with Crippen molar-refractivity contribution in [3.8, 4) is 15.6 Å². The van der Waals surface area contributed by atoms with Gasteiger partial charge in [0.2, 0.25) is 0 Å². The molecule has 0 aliphatic heterocycles. The zero-order chi connectivity index (χ0) is 19.2. The van der Waals surface area contributed by atoms with Crippen LogP contribution in [0, 0.1) is 0 Å². The van der Waals surface area contributed by atoms with Gasteiger partial charge >= 0.3 is 0 Å². The van der Waals surface area contributed by atoms with Gasteiger partial charge in [-0.15, -0.1) is 22.7 Å². The number of aromatic nitrogens is 2. The first-order valence-electron chi connectivity index (χ1n) is 8.67. The number of nitrogens with zero attached hydrogens (tertiary/aromatic N) is 2. The van der Waals surface area contributed by atoms with Crippen molar-refractivity contribution in [2.75, 3.05) is 0 Å². The molecule has 0 unspecified atom stereocenters. The van der Waals surface area contributed by atoms with E-state index in [9.17, 15) is 4.79 Å². The molecule has 4 rings (SSSR count). The molecule has 0 saturated heterocycles. The fourth-order valence-electron chi connectivity index (χ4n) is 2.55. The Hall–Kier alpha value is -3.03. The molecule has 3 aromatic heterocycles. The lowest BCUT2D eigenvalue weighted by molar-refractivity contribution is 0.0954. The Morgan fingerprint density at radius 1 is 1.07 bits per heavy atom. The average Bonchev–Trinajstić information content (AvgIpc) is 3.43. The largest absolute Gasteiger partial charge is 0.487 e. The van der Waals surface area contributed by atoms with Crippen LogP contribution in [0.3, 0.4) is 0 Å². The minimum absolute atomic E-state index is 0.125. The fourth-order valence-corrected chi connectivity index (χ4v) is 4.19. The van der Waals surface area contributed by atoms with Gasteiger partial charge in [-0.3, -0.25) is 9.78 Å². The standard InChI is InChI=1S/C21H17N3O2S2/c25-20(19-13-24-21(28-19)18-8-4-10-27-18)23-12-15-5-3-7-17(11-15)26-14-16-6-1-2-9-22-16/h1-11,13H,12,14H2,(H,23,25). The highest BCUT2D eigenvalue weighted by Crippen LogP contribution is 2.28. The fraction of sp³-hybridized carbons (Fsp3) is 0.0952. The van der Waals surface area contributed by atoms with E-state index in [-0.39, 0.29) is 5.91 Å². The lowest BCUT2D eigenvalue weighted by Gasteiger charge is -2.08. The second kappa shape index (κ2) is 8.77. The number of ether oxygens (including phenoxy) is 1. The van der Waals surface area contributed by atoms with Crippen molar-refractivity contribution >= 4 is 28.6 Å². The zero-order valence-electron chi connectivity index (χ0n) is 14.9. The molecule has 0 atom stereocenters. The number of thiazole rings is 1. The van der Waals surface area contributed by atoms with E-state index in [0.29, 0.717) is 18.0 Å². The average molecular weight is 408 g/mol. The Labute approximate surface area is 170 Å². The van der Waals surface area contributed by atoms with E-state index in [2.05, 4.69) is 15.3 Å². The lowest BCUT2D eigenvalue weighted by Crippen LogP contribution is -2.21. The van der Waals surface area contributed by atoms with Crippen molar-refractivity contribution in [2.24, 2.45) is 0 Å². The Kier molecular flexibility index (Phi) is 5.75. The summed E-state index contributed by atoms with van der Waals surface area (Å²) >= 11 is 3.01. The SMILES string of the molecule is O=C(NCc1cccc(OCc2ccccn2)c1)c1cnc(-c2cccs2)s1. The summed E-state index contributed by atoms with van der Waals surface area (Å²) in [5.74, 6) is 0.621. The van der Waals surface area contributed by atoms with Crippen molar-refractivity contribution in [1.82, 2.24) is 15.3 Å². The number of hydrogen-bond acceptors (Lipinski definition) is 6. The molecule has 0 spiro atoms. The van der Waals surface area contributed by atoms with E-state index >= 15 is 0 Å². The van der Waals surface area contributed by atoms with E-state index in [4.69, 9.17) is 4.74 Å². The number of nitrogens with one attached hydrogen (secondary N) is 1. The quantitative estimate of drug-likeness (QED) is 0.479. The third-order valence-electron chi connectivity index (χ3n) is 3.93. The van der Waals surface area contributed by atoms with Crippen molar-refractivity contribution in [1.29, 1.82) is 0 Å². The molecule has 5 nitrogen and oxygen atoms in total. The molecule has 1 amide bonds. The van der Waals surface area contributed by atoms with Gasteiger partial charge in [-0.05, 0) is 41.3 Å². The van der Waals surface area contributed by atoms with Gasteiger partial charge in [0.25, 0.3) is 5.91 Å². The second-order valence-corrected chi connectivity index (χ2v) is 7.93. The number of thiophene rings is 1. The Morgan fingerprint density at radius 3 is 2.86 bits per heavy atom. The summed E-state index contributed by atoms with van der Waals surface area (Å²) in [7, 11) is 0. The predicted octanol–water partition coefficient (Wildman–Crippen LogP) is 4.78. The van der Waals surface area contributed by atoms with Gasteiger partial charge in [0, 0.05) is 12.7 Å². The summed E-state index contributed by atoms with van der Waals surface area (Å²) in [5, 5.41) is 5.81. The first-order valence-corrected chi connectivity index (χ1v) is 10.4. The van der Waals surface area contributed by atoms with E-state index in [1.807, 2.05) is 60.0 Å². The molecular formula is C21H17N3O2S2. The topological polar surface area (TPSA) is 64.1 Å². The molecule has 0 radical (unpaired) electrons. The first-order chi connectivity index (χ1) is 13.8. The minimum atomic E-state index is -0.125. The number of amides is 1. The molecule has 4 aromatic rings. The Morgan fingerprint density at radius 2 is 2.04 bits per heavy atom. The second-order valence-electron chi connectivity index (χ2n) is 5.95. The summed E-state index contributed by atoms with van der Waals surface area (Å²) in [6.07, 6.45) is 3.37.